The van der Waals surface area contributed by atoms with E-state index in [2.05, 4.69) is 36.2 Å². The van der Waals surface area contributed by atoms with Gasteiger partial charge in [-0.15, -0.1) is 0 Å². The van der Waals surface area contributed by atoms with Gasteiger partial charge < -0.3 is 27.1 Å². The maximum atomic E-state index is 9.75. The van der Waals surface area contributed by atoms with Crippen molar-refractivity contribution in [3.05, 3.63) is 12.4 Å². The summed E-state index contributed by atoms with van der Waals surface area (Å²) in [5.74, 6) is 0. The monoisotopic (exact) mass is 256 g/mol. The highest BCUT2D eigenvalue weighted by Crippen LogP contribution is 2.07. The zero-order valence-corrected chi connectivity index (χ0v) is 10.4. The van der Waals surface area contributed by atoms with Crippen molar-refractivity contribution in [1.29, 1.82) is 0 Å². The van der Waals surface area contributed by atoms with E-state index in [9.17, 15) is 17.3 Å². The van der Waals surface area contributed by atoms with Gasteiger partial charge in [0.2, 0.25) is 0 Å². The van der Waals surface area contributed by atoms with Crippen LogP contribution in [-0.2, 0) is 0 Å². The second-order valence-corrected chi connectivity index (χ2v) is 4.06. The van der Waals surface area contributed by atoms with Crippen LogP contribution in [0.2, 0.25) is 0 Å². The first-order valence-corrected chi connectivity index (χ1v) is 5.83. The quantitative estimate of drug-likeness (QED) is 0.421. The summed E-state index contributed by atoms with van der Waals surface area (Å²) < 4.78 is 39.0. The molecule has 0 aromatic carbocycles. The molecule has 7 heteroatoms. The lowest BCUT2D eigenvalue weighted by Gasteiger charge is -2.17. The molecule has 1 heterocycles. The topological polar surface area (TPSA) is 6.48 Å². The normalized spacial score (nSPS) is 14.9. The van der Waals surface area contributed by atoms with Gasteiger partial charge in [0.25, 0.3) is 0 Å². The van der Waals surface area contributed by atoms with Crippen LogP contribution >= 0.6 is 0 Å². The van der Waals surface area contributed by atoms with Crippen LogP contribution in [0.5, 0.6) is 0 Å². The molecule has 17 heavy (non-hydrogen) atoms. The molecule has 1 aliphatic rings. The van der Waals surface area contributed by atoms with Crippen molar-refractivity contribution in [2.24, 2.45) is 0 Å². The zero-order chi connectivity index (χ0) is 13.3. The second kappa shape index (κ2) is 8.25. The van der Waals surface area contributed by atoms with Crippen LogP contribution in [0, 0.1) is 0 Å². The SMILES string of the molecule is CCCCCCN1C=CN(C)C1.F[B-](F)(F)F.[H+]. The molecule has 0 unspecified atom stereocenters. The van der Waals surface area contributed by atoms with E-state index in [0.717, 1.165) is 6.67 Å². The molecular weight excluding hydrogens is 235 g/mol. The first-order chi connectivity index (χ1) is 7.83. The average Bonchev–Trinajstić information content (AvgIpc) is 2.56. The Balaban J connectivity index is 0. The Morgan fingerprint density at radius 1 is 1.12 bits per heavy atom. The predicted octanol–water partition coefficient (Wildman–Crippen LogP) is 3.66. The van der Waals surface area contributed by atoms with Gasteiger partial charge in [0.1, 0.15) is 0 Å². The molecule has 0 radical (unpaired) electrons. The summed E-state index contributed by atoms with van der Waals surface area (Å²) in [4.78, 5) is 4.58. The molecule has 0 aromatic heterocycles. The molecule has 102 valence electrons. The van der Waals surface area contributed by atoms with Crippen molar-refractivity contribution < 1.29 is 18.7 Å². The van der Waals surface area contributed by atoms with Gasteiger partial charge in [0.15, 0.2) is 0 Å². The minimum Gasteiger partial charge on any atom is -0.418 e. The summed E-state index contributed by atoms with van der Waals surface area (Å²) in [5, 5.41) is 0. The fourth-order valence-electron chi connectivity index (χ4n) is 1.48. The highest BCUT2D eigenvalue weighted by atomic mass is 19.5. The van der Waals surface area contributed by atoms with Gasteiger partial charge in [-0.2, -0.15) is 0 Å². The Morgan fingerprint density at radius 2 is 1.71 bits per heavy atom. The highest BCUT2D eigenvalue weighted by Gasteiger charge is 2.20. The molecule has 0 aromatic rings. The lowest BCUT2D eigenvalue weighted by atomic mass is 10.2. The van der Waals surface area contributed by atoms with E-state index in [1.807, 2.05) is 0 Å². The van der Waals surface area contributed by atoms with E-state index < -0.39 is 7.25 Å². The van der Waals surface area contributed by atoms with Gasteiger partial charge >= 0.3 is 8.68 Å². The third kappa shape index (κ3) is 13.1. The van der Waals surface area contributed by atoms with E-state index in [-0.39, 0.29) is 1.43 Å². The summed E-state index contributed by atoms with van der Waals surface area (Å²) in [6, 6.07) is 0. The van der Waals surface area contributed by atoms with Gasteiger partial charge in [-0.3, -0.25) is 0 Å². The number of nitrogens with zero attached hydrogens (tertiary/aromatic N) is 2. The van der Waals surface area contributed by atoms with E-state index in [1.54, 1.807) is 0 Å². The molecular formula is C10H21BF4N2. The molecule has 0 saturated carbocycles. The minimum atomic E-state index is -6.00. The van der Waals surface area contributed by atoms with Crippen molar-refractivity contribution >= 4 is 7.25 Å². The Morgan fingerprint density at radius 3 is 2.12 bits per heavy atom. The lowest BCUT2D eigenvalue weighted by Crippen LogP contribution is -2.23. The molecule has 0 fully saturated rings. The summed E-state index contributed by atoms with van der Waals surface area (Å²) in [6.07, 6.45) is 9.76. The Bertz CT molecular complexity index is 220. The number of halogens is 4. The second-order valence-electron chi connectivity index (χ2n) is 4.06. The standard InChI is InChI=1S/C10H20N2.BF4/c1-3-4-5-6-7-12-9-8-11(2)10-12;2-1(3,4)5/h8-9H,3-7,10H2,1-2H3;/q;-1/p+1. The van der Waals surface area contributed by atoms with Crippen LogP contribution in [0.15, 0.2) is 12.4 Å². The number of rotatable bonds is 5. The maximum Gasteiger partial charge on any atom is 1.00 e. The van der Waals surface area contributed by atoms with Crippen molar-refractivity contribution in [1.82, 2.24) is 9.80 Å². The third-order valence-electron chi connectivity index (χ3n) is 2.24. The molecule has 0 N–H and O–H groups in total. The smallest absolute Gasteiger partial charge is 0.418 e. The van der Waals surface area contributed by atoms with Gasteiger partial charge in [0, 0.05) is 26.0 Å². The van der Waals surface area contributed by atoms with Gasteiger partial charge in [0.05, 0.1) is 6.67 Å². The third-order valence-corrected chi connectivity index (χ3v) is 2.24. The van der Waals surface area contributed by atoms with Gasteiger partial charge in [-0.25, -0.2) is 0 Å². The first-order valence-electron chi connectivity index (χ1n) is 5.83. The molecule has 0 spiro atoms. The number of hydrogen-bond donors (Lipinski definition) is 0. The Kier molecular flexibility index (Phi) is 7.83. The van der Waals surface area contributed by atoms with Crippen molar-refractivity contribution in [3.8, 4) is 0 Å². The van der Waals surface area contributed by atoms with E-state index >= 15 is 0 Å². The Hall–Kier alpha value is -0.875. The number of unbranched alkanes of at least 4 members (excludes halogenated alkanes) is 3. The summed E-state index contributed by atoms with van der Waals surface area (Å²) in [6.45, 7) is 4.55. The fourth-order valence-corrected chi connectivity index (χ4v) is 1.48. The summed E-state index contributed by atoms with van der Waals surface area (Å²) in [7, 11) is -3.89. The maximum absolute atomic E-state index is 9.75. The van der Waals surface area contributed by atoms with Crippen LogP contribution in [-0.4, -0.2) is 37.3 Å². The highest BCUT2D eigenvalue weighted by molar-refractivity contribution is 6.50. The van der Waals surface area contributed by atoms with Crippen LogP contribution in [0.3, 0.4) is 0 Å². The minimum absolute atomic E-state index is 0. The van der Waals surface area contributed by atoms with Gasteiger partial charge in [-0.1, -0.05) is 26.2 Å². The average molecular weight is 256 g/mol. The molecule has 1 aliphatic heterocycles. The van der Waals surface area contributed by atoms with Crippen LogP contribution < -0.4 is 0 Å². The molecule has 1 rings (SSSR count). The molecule has 0 saturated heterocycles. The predicted molar refractivity (Wildman–Crippen MR) is 63.9 cm³/mol. The molecule has 0 amide bonds. The Labute approximate surface area is 102 Å². The van der Waals surface area contributed by atoms with E-state index in [1.165, 1.54) is 32.2 Å². The van der Waals surface area contributed by atoms with Crippen molar-refractivity contribution in [3.63, 3.8) is 0 Å². The van der Waals surface area contributed by atoms with E-state index in [4.69, 9.17) is 0 Å². The molecule has 0 aliphatic carbocycles. The lowest BCUT2D eigenvalue weighted by molar-refractivity contribution is 0.291. The van der Waals surface area contributed by atoms with Crippen molar-refractivity contribution in [2.75, 3.05) is 20.3 Å². The van der Waals surface area contributed by atoms with Crippen LogP contribution in [0.1, 0.15) is 34.0 Å². The molecule has 0 atom stereocenters. The van der Waals surface area contributed by atoms with Crippen molar-refractivity contribution in [2.45, 2.75) is 32.6 Å². The van der Waals surface area contributed by atoms with Crippen LogP contribution in [0.4, 0.5) is 17.3 Å². The number of hydrogen-bond acceptors (Lipinski definition) is 2. The molecule has 0 bridgehead atoms. The summed E-state index contributed by atoms with van der Waals surface area (Å²) in [5.41, 5.74) is 0. The first kappa shape index (κ1) is 16.1. The van der Waals surface area contributed by atoms with Gasteiger partial charge in [-0.05, 0) is 6.42 Å². The fraction of sp³-hybridized carbons (Fsp3) is 0.800. The largest absolute Gasteiger partial charge is 1.00 e. The summed E-state index contributed by atoms with van der Waals surface area (Å²) >= 11 is 0. The molecule has 2 nitrogen and oxygen atoms in total. The zero-order valence-electron chi connectivity index (χ0n) is 11.4. The van der Waals surface area contributed by atoms with Crippen LogP contribution in [0.25, 0.3) is 0 Å². The van der Waals surface area contributed by atoms with E-state index in [0.29, 0.717) is 0 Å².